The predicted molar refractivity (Wildman–Crippen MR) is 42.0 cm³/mol. The van der Waals surface area contributed by atoms with Crippen molar-refractivity contribution in [1.82, 2.24) is 0 Å². The smallest absolute Gasteiger partial charge is 0.449 e. The molecule has 1 rings (SSSR count). The highest BCUT2D eigenvalue weighted by atomic mass is 32.2. The van der Waals surface area contributed by atoms with Gasteiger partial charge in [0.1, 0.15) is 0 Å². The largest absolute Gasteiger partial charge is 0.463 e. The van der Waals surface area contributed by atoms with Crippen LogP contribution in [-0.2, 0) is 4.74 Å². The zero-order valence-corrected chi connectivity index (χ0v) is 7.74. The van der Waals surface area contributed by atoms with E-state index in [4.69, 9.17) is 0 Å². The minimum Gasteiger partial charge on any atom is -0.463 e. The predicted octanol–water partition coefficient (Wildman–Crippen LogP) is 2.68. The first kappa shape index (κ1) is 11.0. The van der Waals surface area contributed by atoms with E-state index in [1.807, 2.05) is 0 Å². The third-order valence-corrected chi connectivity index (χ3v) is 1.84. The van der Waals surface area contributed by atoms with Crippen LogP contribution in [0.3, 0.4) is 0 Å². The third-order valence-electron chi connectivity index (χ3n) is 1.18. The lowest BCUT2D eigenvalue weighted by molar-refractivity contribution is -0.0335. The fraction of sp³-hybridized carbons (Fsp3) is 0.286. The van der Waals surface area contributed by atoms with Crippen molar-refractivity contribution in [1.29, 1.82) is 0 Å². The van der Waals surface area contributed by atoms with Gasteiger partial charge in [0.25, 0.3) is 0 Å². The maximum Gasteiger partial charge on any atom is 0.449 e. The highest BCUT2D eigenvalue weighted by Crippen LogP contribution is 2.37. The summed E-state index contributed by atoms with van der Waals surface area (Å²) in [5.74, 6) is -1.06. The Morgan fingerprint density at radius 2 is 2.14 bits per heavy atom. The third kappa shape index (κ3) is 2.99. The number of thioether (sulfide) groups is 1. The fourth-order valence-corrected chi connectivity index (χ4v) is 1.20. The maximum absolute atomic E-state index is 11.8. The number of hydrogen-bond donors (Lipinski definition) is 0. The molecule has 0 saturated carbocycles. The molecule has 0 aromatic carbocycles. The summed E-state index contributed by atoms with van der Waals surface area (Å²) in [5.41, 5.74) is -4.43. The number of alkyl halides is 3. The van der Waals surface area contributed by atoms with E-state index in [9.17, 15) is 18.0 Å². The van der Waals surface area contributed by atoms with Crippen LogP contribution in [0.2, 0.25) is 0 Å². The number of carbonyl (C=O) groups is 1. The van der Waals surface area contributed by atoms with E-state index in [-0.39, 0.29) is 5.76 Å². The van der Waals surface area contributed by atoms with Crippen molar-refractivity contribution in [2.45, 2.75) is 10.6 Å². The molecule has 0 aliphatic carbocycles. The van der Waals surface area contributed by atoms with Gasteiger partial charge in [-0.15, -0.1) is 0 Å². The molecule has 0 atom stereocenters. The molecule has 0 aliphatic rings. The highest BCUT2D eigenvalue weighted by molar-refractivity contribution is 8.00. The van der Waals surface area contributed by atoms with Gasteiger partial charge in [0.2, 0.25) is 5.76 Å². The lowest BCUT2D eigenvalue weighted by Gasteiger charge is -2.00. The van der Waals surface area contributed by atoms with Gasteiger partial charge in [0, 0.05) is 11.8 Å². The zero-order valence-electron chi connectivity index (χ0n) is 6.92. The van der Waals surface area contributed by atoms with E-state index in [1.165, 1.54) is 0 Å². The molecule has 1 heterocycles. The summed E-state index contributed by atoms with van der Waals surface area (Å²) in [5, 5.41) is -0.391. The number of carbonyl (C=O) groups excluding carboxylic acids is 1. The Morgan fingerprint density at radius 3 is 2.64 bits per heavy atom. The Balaban J connectivity index is 2.74. The van der Waals surface area contributed by atoms with Crippen molar-refractivity contribution in [3.05, 3.63) is 17.9 Å². The average molecular weight is 226 g/mol. The number of ether oxygens (including phenoxy) is 1. The molecule has 7 heteroatoms. The number of halogens is 3. The molecule has 14 heavy (non-hydrogen) atoms. The van der Waals surface area contributed by atoms with E-state index in [0.29, 0.717) is 0 Å². The van der Waals surface area contributed by atoms with Crippen LogP contribution in [-0.4, -0.2) is 18.6 Å². The summed E-state index contributed by atoms with van der Waals surface area (Å²) in [6.07, 6.45) is 0. The number of furan rings is 1. The standard InChI is InChI=1S/C7H5F3O3S/c1-12-6(11)4-2-3-5(13-4)14-7(8,9)10/h2-3H,1H3. The Kier molecular flexibility index (Phi) is 3.10. The molecule has 0 aliphatic heterocycles. The molecule has 0 N–H and O–H groups in total. The minimum atomic E-state index is -4.43. The van der Waals surface area contributed by atoms with E-state index in [1.54, 1.807) is 0 Å². The minimum absolute atomic E-state index is 0.251. The van der Waals surface area contributed by atoms with Gasteiger partial charge in [0.15, 0.2) is 5.09 Å². The number of rotatable bonds is 2. The Hall–Kier alpha value is -1.11. The molecule has 0 radical (unpaired) electrons. The summed E-state index contributed by atoms with van der Waals surface area (Å²) in [6, 6.07) is 2.18. The Morgan fingerprint density at radius 1 is 1.50 bits per heavy atom. The quantitative estimate of drug-likeness (QED) is 0.574. The second-order valence-electron chi connectivity index (χ2n) is 2.16. The van der Waals surface area contributed by atoms with Crippen LogP contribution in [0.5, 0.6) is 0 Å². The van der Waals surface area contributed by atoms with Gasteiger partial charge < -0.3 is 9.15 Å². The van der Waals surface area contributed by atoms with Crippen LogP contribution in [0.25, 0.3) is 0 Å². The van der Waals surface area contributed by atoms with Crippen molar-refractivity contribution in [3.8, 4) is 0 Å². The van der Waals surface area contributed by atoms with Crippen LogP contribution < -0.4 is 0 Å². The van der Waals surface area contributed by atoms with Crippen LogP contribution in [0, 0.1) is 0 Å². The summed E-state index contributed by atoms with van der Waals surface area (Å²) in [6.45, 7) is 0. The molecule has 0 fully saturated rings. The molecule has 0 amide bonds. The molecule has 0 unspecified atom stereocenters. The van der Waals surface area contributed by atoms with Crippen LogP contribution >= 0.6 is 11.8 Å². The second-order valence-corrected chi connectivity index (χ2v) is 3.23. The van der Waals surface area contributed by atoms with Crippen LogP contribution in [0.4, 0.5) is 13.2 Å². The van der Waals surface area contributed by atoms with Crippen molar-refractivity contribution >= 4 is 17.7 Å². The first-order valence-electron chi connectivity index (χ1n) is 3.36. The molecule has 0 bridgehead atoms. The van der Waals surface area contributed by atoms with Gasteiger partial charge in [-0.1, -0.05) is 0 Å². The number of esters is 1. The van der Waals surface area contributed by atoms with Gasteiger partial charge >= 0.3 is 11.5 Å². The van der Waals surface area contributed by atoms with Gasteiger partial charge in [-0.25, -0.2) is 4.79 Å². The Labute approximate surface area is 81.2 Å². The van der Waals surface area contributed by atoms with E-state index in [0.717, 1.165) is 19.2 Å². The molecule has 78 valence electrons. The van der Waals surface area contributed by atoms with E-state index < -0.39 is 28.3 Å². The molecule has 0 spiro atoms. The van der Waals surface area contributed by atoms with Crippen molar-refractivity contribution in [2.75, 3.05) is 7.11 Å². The summed E-state index contributed by atoms with van der Waals surface area (Å²) < 4.78 is 44.3. The van der Waals surface area contributed by atoms with Crippen molar-refractivity contribution in [2.24, 2.45) is 0 Å². The lowest BCUT2D eigenvalue weighted by atomic mass is 10.5. The summed E-state index contributed by atoms with van der Waals surface area (Å²) >= 11 is -0.425. The van der Waals surface area contributed by atoms with Gasteiger partial charge in [0.05, 0.1) is 7.11 Å². The number of methoxy groups -OCH3 is 1. The molecule has 1 aromatic rings. The van der Waals surface area contributed by atoms with Gasteiger partial charge in [-0.3, -0.25) is 0 Å². The average Bonchev–Trinajstić information content (AvgIpc) is 2.48. The lowest BCUT2D eigenvalue weighted by Crippen LogP contribution is -1.99. The fourth-order valence-electron chi connectivity index (χ4n) is 0.699. The van der Waals surface area contributed by atoms with Crippen LogP contribution in [0.15, 0.2) is 21.6 Å². The maximum atomic E-state index is 11.8. The SMILES string of the molecule is COC(=O)c1ccc(SC(F)(F)F)o1. The van der Waals surface area contributed by atoms with E-state index in [2.05, 4.69) is 9.15 Å². The molecular weight excluding hydrogens is 221 g/mol. The first-order chi connectivity index (χ1) is 6.42. The summed E-state index contributed by atoms with van der Waals surface area (Å²) in [7, 11) is 1.11. The Bertz CT molecular complexity index is 331. The van der Waals surface area contributed by atoms with E-state index >= 15 is 0 Å². The first-order valence-corrected chi connectivity index (χ1v) is 4.18. The molecule has 3 nitrogen and oxygen atoms in total. The molecule has 1 aromatic heterocycles. The van der Waals surface area contributed by atoms with Crippen molar-refractivity contribution in [3.63, 3.8) is 0 Å². The second kappa shape index (κ2) is 3.95. The van der Waals surface area contributed by atoms with Gasteiger partial charge in [-0.05, 0) is 12.1 Å². The molecule has 0 saturated heterocycles. The van der Waals surface area contributed by atoms with Crippen molar-refractivity contribution < 1.29 is 27.1 Å². The molecular formula is C7H5F3O3S. The highest BCUT2D eigenvalue weighted by Gasteiger charge is 2.31. The van der Waals surface area contributed by atoms with Crippen LogP contribution in [0.1, 0.15) is 10.6 Å². The normalized spacial score (nSPS) is 11.4. The topological polar surface area (TPSA) is 39.4 Å². The van der Waals surface area contributed by atoms with Gasteiger partial charge in [-0.2, -0.15) is 13.2 Å². The zero-order chi connectivity index (χ0) is 10.8. The number of hydrogen-bond acceptors (Lipinski definition) is 4. The summed E-state index contributed by atoms with van der Waals surface area (Å²) in [4.78, 5) is 10.8. The monoisotopic (exact) mass is 226 g/mol.